The van der Waals surface area contributed by atoms with Crippen LogP contribution in [-0.4, -0.2) is 86.0 Å². The molecule has 2 aromatic rings. The van der Waals surface area contributed by atoms with Gasteiger partial charge in [0.25, 0.3) is 5.91 Å². The summed E-state index contributed by atoms with van der Waals surface area (Å²) in [6, 6.07) is 9.37. The second-order valence-electron chi connectivity index (χ2n) is 7.49. The molecule has 5 rings (SSSR count). The first-order valence-corrected chi connectivity index (χ1v) is 10.4. The number of para-hydroxylation sites is 2. The van der Waals surface area contributed by atoms with E-state index in [9.17, 15) is 4.79 Å². The number of aromatic nitrogens is 2. The van der Waals surface area contributed by atoms with Crippen LogP contribution < -0.4 is 19.3 Å². The Kier molecular flexibility index (Phi) is 5.27. The summed E-state index contributed by atoms with van der Waals surface area (Å²) in [4.78, 5) is 28.3. The number of hydrogen-bond acceptors (Lipinski definition) is 8. The van der Waals surface area contributed by atoms with E-state index >= 15 is 0 Å². The van der Waals surface area contributed by atoms with Gasteiger partial charge in [0.1, 0.15) is 12.4 Å². The van der Waals surface area contributed by atoms with Gasteiger partial charge in [-0.2, -0.15) is 4.98 Å². The van der Waals surface area contributed by atoms with Crippen molar-refractivity contribution in [1.29, 1.82) is 0 Å². The first-order valence-electron chi connectivity index (χ1n) is 10.4. The van der Waals surface area contributed by atoms with E-state index in [4.69, 9.17) is 19.2 Å². The summed E-state index contributed by atoms with van der Waals surface area (Å²) in [6.45, 7) is 5.93. The molecule has 30 heavy (non-hydrogen) atoms. The highest BCUT2D eigenvalue weighted by molar-refractivity contribution is 5.82. The lowest BCUT2D eigenvalue weighted by molar-refractivity contribution is -0.141. The van der Waals surface area contributed by atoms with E-state index < -0.39 is 6.10 Å². The lowest BCUT2D eigenvalue weighted by Gasteiger charge is -2.37. The van der Waals surface area contributed by atoms with Crippen molar-refractivity contribution in [2.45, 2.75) is 6.10 Å². The molecule has 1 amide bonds. The first kappa shape index (κ1) is 18.9. The number of benzene rings is 1. The van der Waals surface area contributed by atoms with Crippen molar-refractivity contribution in [2.24, 2.45) is 0 Å². The van der Waals surface area contributed by atoms with E-state index in [0.29, 0.717) is 37.8 Å². The monoisotopic (exact) mass is 411 g/mol. The van der Waals surface area contributed by atoms with Crippen LogP contribution in [0.15, 0.2) is 36.5 Å². The standard InChI is InChI=1S/C21H25N5O4/c27-20(18-15-29-16-3-1-2-4-17(16)30-18)25-9-7-24(8-10-25)19-5-6-22-21(23-19)26-11-13-28-14-12-26/h1-6,18H,7-15H2. The van der Waals surface area contributed by atoms with Gasteiger partial charge in [-0.15, -0.1) is 0 Å². The van der Waals surface area contributed by atoms with Crippen LogP contribution in [0.4, 0.5) is 11.8 Å². The van der Waals surface area contributed by atoms with Crippen LogP contribution in [0.1, 0.15) is 0 Å². The highest BCUT2D eigenvalue weighted by atomic mass is 16.6. The SMILES string of the molecule is O=C(C1COc2ccccc2O1)N1CCN(c2ccnc(N3CCOCC3)n2)CC1. The van der Waals surface area contributed by atoms with Crippen LogP contribution in [0.3, 0.4) is 0 Å². The van der Waals surface area contributed by atoms with Gasteiger partial charge >= 0.3 is 0 Å². The minimum Gasteiger partial charge on any atom is -0.485 e. The number of rotatable bonds is 3. The van der Waals surface area contributed by atoms with Crippen molar-refractivity contribution in [3.05, 3.63) is 36.5 Å². The largest absolute Gasteiger partial charge is 0.485 e. The summed E-state index contributed by atoms with van der Waals surface area (Å²) in [5.74, 6) is 2.91. The molecule has 158 valence electrons. The average molecular weight is 411 g/mol. The third-order valence-electron chi connectivity index (χ3n) is 5.62. The fourth-order valence-corrected chi connectivity index (χ4v) is 3.93. The number of nitrogens with zero attached hydrogens (tertiary/aromatic N) is 5. The van der Waals surface area contributed by atoms with Gasteiger partial charge in [-0.3, -0.25) is 4.79 Å². The van der Waals surface area contributed by atoms with Crippen molar-refractivity contribution in [1.82, 2.24) is 14.9 Å². The second kappa shape index (κ2) is 8.35. The maximum atomic E-state index is 12.9. The van der Waals surface area contributed by atoms with Crippen molar-refractivity contribution < 1.29 is 19.0 Å². The maximum Gasteiger partial charge on any atom is 0.267 e. The fourth-order valence-electron chi connectivity index (χ4n) is 3.93. The molecule has 2 fully saturated rings. The van der Waals surface area contributed by atoms with Crippen molar-refractivity contribution in [3.8, 4) is 11.5 Å². The summed E-state index contributed by atoms with van der Waals surface area (Å²) in [5.41, 5.74) is 0. The Hall–Kier alpha value is -3.07. The lowest BCUT2D eigenvalue weighted by atomic mass is 10.2. The van der Waals surface area contributed by atoms with Gasteiger partial charge < -0.3 is 28.9 Å². The number of piperazine rings is 1. The molecule has 0 bridgehead atoms. The van der Waals surface area contributed by atoms with E-state index in [1.807, 2.05) is 35.2 Å². The number of morpholine rings is 1. The Morgan fingerprint density at radius 1 is 0.933 bits per heavy atom. The molecule has 3 aliphatic rings. The Morgan fingerprint density at radius 3 is 2.50 bits per heavy atom. The van der Waals surface area contributed by atoms with Gasteiger partial charge in [-0.05, 0) is 18.2 Å². The predicted molar refractivity (Wildman–Crippen MR) is 110 cm³/mol. The Morgan fingerprint density at radius 2 is 1.70 bits per heavy atom. The third-order valence-corrected chi connectivity index (χ3v) is 5.62. The lowest BCUT2D eigenvalue weighted by Crippen LogP contribution is -2.54. The zero-order chi connectivity index (χ0) is 20.3. The molecule has 9 heteroatoms. The van der Waals surface area contributed by atoms with Gasteiger partial charge in [0.15, 0.2) is 11.5 Å². The molecule has 0 aliphatic carbocycles. The molecule has 4 heterocycles. The summed E-state index contributed by atoms with van der Waals surface area (Å²) in [6.07, 6.45) is 1.20. The number of ether oxygens (including phenoxy) is 3. The zero-order valence-corrected chi connectivity index (χ0v) is 16.8. The molecule has 0 N–H and O–H groups in total. The number of amides is 1. The Balaban J connectivity index is 1.19. The number of hydrogen-bond donors (Lipinski definition) is 0. The smallest absolute Gasteiger partial charge is 0.267 e. The van der Waals surface area contributed by atoms with E-state index in [1.54, 1.807) is 6.20 Å². The normalized spacial score (nSPS) is 21.5. The quantitative estimate of drug-likeness (QED) is 0.734. The number of anilines is 2. The molecule has 9 nitrogen and oxygen atoms in total. The minimum atomic E-state index is -0.599. The summed E-state index contributed by atoms with van der Waals surface area (Å²) < 4.78 is 17.0. The average Bonchev–Trinajstić information content (AvgIpc) is 2.84. The molecule has 0 radical (unpaired) electrons. The van der Waals surface area contributed by atoms with Gasteiger partial charge in [-0.25, -0.2) is 4.98 Å². The van der Waals surface area contributed by atoms with E-state index in [2.05, 4.69) is 14.8 Å². The van der Waals surface area contributed by atoms with Gasteiger partial charge in [-0.1, -0.05) is 12.1 Å². The number of carbonyl (C=O) groups is 1. The van der Waals surface area contributed by atoms with Crippen molar-refractivity contribution >= 4 is 17.7 Å². The highest BCUT2D eigenvalue weighted by Gasteiger charge is 2.33. The zero-order valence-electron chi connectivity index (χ0n) is 16.8. The number of fused-ring (bicyclic) bond motifs is 1. The summed E-state index contributed by atoms with van der Waals surface area (Å²) in [7, 11) is 0. The van der Waals surface area contributed by atoms with Crippen LogP contribution in [0.2, 0.25) is 0 Å². The molecule has 3 aliphatic heterocycles. The minimum absolute atomic E-state index is 0.0270. The van der Waals surface area contributed by atoms with Crippen LogP contribution in [0.5, 0.6) is 11.5 Å². The highest BCUT2D eigenvalue weighted by Crippen LogP contribution is 2.31. The maximum absolute atomic E-state index is 12.9. The van der Waals surface area contributed by atoms with E-state index in [-0.39, 0.29) is 12.5 Å². The summed E-state index contributed by atoms with van der Waals surface area (Å²) >= 11 is 0. The predicted octanol–water partition coefficient (Wildman–Crippen LogP) is 0.802. The molecule has 0 saturated carbocycles. The molecule has 1 atom stereocenters. The van der Waals surface area contributed by atoms with Crippen LogP contribution in [0, 0.1) is 0 Å². The first-order chi connectivity index (χ1) is 14.8. The van der Waals surface area contributed by atoms with E-state index in [1.165, 1.54) is 0 Å². The summed E-state index contributed by atoms with van der Waals surface area (Å²) in [5, 5.41) is 0. The van der Waals surface area contributed by atoms with Crippen molar-refractivity contribution in [3.63, 3.8) is 0 Å². The molecular weight excluding hydrogens is 386 g/mol. The van der Waals surface area contributed by atoms with E-state index in [0.717, 1.165) is 37.9 Å². The fraction of sp³-hybridized carbons (Fsp3) is 0.476. The van der Waals surface area contributed by atoms with Crippen LogP contribution >= 0.6 is 0 Å². The molecular formula is C21H25N5O4. The topological polar surface area (TPSA) is 80.3 Å². The molecule has 1 aromatic carbocycles. The van der Waals surface area contributed by atoms with Gasteiger partial charge in [0.2, 0.25) is 12.1 Å². The Labute approximate surface area is 175 Å². The van der Waals surface area contributed by atoms with Gasteiger partial charge in [0.05, 0.1) is 13.2 Å². The second-order valence-corrected chi connectivity index (χ2v) is 7.49. The molecule has 2 saturated heterocycles. The number of carbonyl (C=O) groups excluding carboxylic acids is 1. The van der Waals surface area contributed by atoms with Crippen molar-refractivity contribution in [2.75, 3.05) is 68.9 Å². The molecule has 1 aromatic heterocycles. The van der Waals surface area contributed by atoms with Gasteiger partial charge in [0, 0.05) is 45.5 Å². The van der Waals surface area contributed by atoms with Crippen LogP contribution in [0.25, 0.3) is 0 Å². The third kappa shape index (κ3) is 3.85. The van der Waals surface area contributed by atoms with Crippen LogP contribution in [-0.2, 0) is 9.53 Å². The molecule has 1 unspecified atom stereocenters. The Bertz CT molecular complexity index is 896. The molecule has 0 spiro atoms.